The van der Waals surface area contributed by atoms with Crippen molar-refractivity contribution in [2.75, 3.05) is 37.5 Å². The molecule has 178 valence electrons. The maximum Gasteiger partial charge on any atom is 0.339 e. The van der Waals surface area contributed by atoms with E-state index in [2.05, 4.69) is 20.6 Å². The number of piperidine rings is 1. The molecule has 11 nitrogen and oxygen atoms in total. The number of anilines is 2. The number of amides is 2. The molecule has 2 N–H and O–H groups in total. The van der Waals surface area contributed by atoms with Crippen LogP contribution in [0.15, 0.2) is 35.4 Å². The zero-order valence-corrected chi connectivity index (χ0v) is 19.6. The van der Waals surface area contributed by atoms with Crippen molar-refractivity contribution in [3.63, 3.8) is 0 Å². The Balaban J connectivity index is 1.48. The highest BCUT2D eigenvalue weighted by Crippen LogP contribution is 2.29. The van der Waals surface area contributed by atoms with E-state index in [-0.39, 0.29) is 29.5 Å². The molecule has 0 unspecified atom stereocenters. The fraction of sp³-hybridized carbons (Fsp3) is 0.364. The molecule has 12 heteroatoms. The Labute approximate surface area is 198 Å². The van der Waals surface area contributed by atoms with Crippen LogP contribution in [-0.2, 0) is 20.9 Å². The predicted octanol–water partition coefficient (Wildman–Crippen LogP) is 1.24. The molecule has 0 spiro atoms. The molecule has 0 radical (unpaired) electrons. The topological polar surface area (TPSA) is 136 Å². The van der Waals surface area contributed by atoms with Crippen LogP contribution in [0.4, 0.5) is 10.8 Å². The summed E-state index contributed by atoms with van der Waals surface area (Å²) in [6.45, 7) is 1.05. The molecule has 1 aliphatic heterocycles. The van der Waals surface area contributed by atoms with Gasteiger partial charge in [0.2, 0.25) is 11.8 Å². The van der Waals surface area contributed by atoms with E-state index >= 15 is 0 Å². The van der Waals surface area contributed by atoms with Crippen LogP contribution in [0.1, 0.15) is 23.2 Å². The molecule has 3 aromatic rings. The summed E-state index contributed by atoms with van der Waals surface area (Å²) in [5.74, 6) is -1.04. The molecule has 2 amide bonds. The van der Waals surface area contributed by atoms with Gasteiger partial charge >= 0.3 is 5.97 Å². The Hall–Kier alpha value is -3.80. The van der Waals surface area contributed by atoms with Crippen LogP contribution < -0.4 is 21.1 Å². The van der Waals surface area contributed by atoms with Crippen LogP contribution in [0.3, 0.4) is 0 Å². The lowest BCUT2D eigenvalue weighted by Gasteiger charge is -2.30. The number of nitrogens with one attached hydrogen (secondary N) is 2. The van der Waals surface area contributed by atoms with Gasteiger partial charge in [0, 0.05) is 26.1 Å². The number of esters is 1. The minimum atomic E-state index is -0.576. The van der Waals surface area contributed by atoms with Crippen LogP contribution in [0.5, 0.6) is 0 Å². The first-order valence-corrected chi connectivity index (χ1v) is 11.5. The first-order valence-electron chi connectivity index (χ1n) is 10.7. The number of methoxy groups -OCH3 is 1. The first kappa shape index (κ1) is 23.4. The predicted molar refractivity (Wildman–Crippen MR) is 127 cm³/mol. The number of rotatable bonds is 6. The molecule has 0 bridgehead atoms. The second-order valence-corrected chi connectivity index (χ2v) is 8.77. The number of hydrogen-bond donors (Lipinski definition) is 2. The molecule has 1 saturated heterocycles. The van der Waals surface area contributed by atoms with Gasteiger partial charge in [-0.1, -0.05) is 23.5 Å². The van der Waals surface area contributed by atoms with Crippen LogP contribution in [0.2, 0.25) is 0 Å². The zero-order valence-electron chi connectivity index (χ0n) is 18.7. The molecule has 3 heterocycles. The van der Waals surface area contributed by atoms with Gasteiger partial charge in [-0.15, -0.1) is 0 Å². The van der Waals surface area contributed by atoms with Crippen molar-refractivity contribution in [3.05, 3.63) is 46.5 Å². The highest BCUT2D eigenvalue weighted by atomic mass is 32.1. The minimum absolute atomic E-state index is 0.0196. The molecule has 1 fully saturated rings. The van der Waals surface area contributed by atoms with Gasteiger partial charge in [0.1, 0.15) is 17.6 Å². The molecule has 0 aliphatic carbocycles. The number of aromatic nitrogens is 3. The molecule has 0 atom stereocenters. The van der Waals surface area contributed by atoms with E-state index < -0.39 is 11.9 Å². The monoisotopic (exact) mass is 484 g/mol. The van der Waals surface area contributed by atoms with Crippen molar-refractivity contribution in [1.82, 2.24) is 19.9 Å². The summed E-state index contributed by atoms with van der Waals surface area (Å²) in [6.07, 6.45) is 2.71. The third-order valence-electron chi connectivity index (χ3n) is 5.68. The van der Waals surface area contributed by atoms with Gasteiger partial charge in [-0.05, 0) is 25.0 Å². The largest absolute Gasteiger partial charge is 0.465 e. The van der Waals surface area contributed by atoms with Crippen LogP contribution in [0, 0.1) is 5.92 Å². The summed E-state index contributed by atoms with van der Waals surface area (Å²) in [6, 6.07) is 6.46. The lowest BCUT2D eigenvalue weighted by molar-refractivity contribution is -0.125. The van der Waals surface area contributed by atoms with Crippen molar-refractivity contribution >= 4 is 50.3 Å². The number of benzene rings is 1. The van der Waals surface area contributed by atoms with Crippen LogP contribution in [0.25, 0.3) is 10.3 Å². The summed E-state index contributed by atoms with van der Waals surface area (Å²) in [7, 11) is 2.89. The molecule has 34 heavy (non-hydrogen) atoms. The van der Waals surface area contributed by atoms with Crippen molar-refractivity contribution < 1.29 is 19.1 Å². The number of carbonyl (C=O) groups is 3. The number of ether oxygens (including phenoxy) is 1. The van der Waals surface area contributed by atoms with Crippen molar-refractivity contribution in [1.29, 1.82) is 0 Å². The normalized spacial score (nSPS) is 14.1. The summed E-state index contributed by atoms with van der Waals surface area (Å²) in [4.78, 5) is 60.1. The highest BCUT2D eigenvalue weighted by Gasteiger charge is 2.26. The Bertz CT molecular complexity index is 1290. The molecule has 4 rings (SSSR count). The fourth-order valence-electron chi connectivity index (χ4n) is 3.84. The maximum atomic E-state index is 13.0. The summed E-state index contributed by atoms with van der Waals surface area (Å²) in [5.41, 5.74) is 0.463. The van der Waals surface area contributed by atoms with Gasteiger partial charge < -0.3 is 20.3 Å². The average molecular weight is 485 g/mol. The third kappa shape index (κ3) is 4.76. The van der Waals surface area contributed by atoms with Gasteiger partial charge in [-0.3, -0.25) is 19.0 Å². The van der Waals surface area contributed by atoms with E-state index in [1.165, 1.54) is 35.4 Å². The number of thiazole rings is 1. The Morgan fingerprint density at radius 3 is 2.65 bits per heavy atom. The van der Waals surface area contributed by atoms with E-state index in [1.807, 2.05) is 4.90 Å². The zero-order chi connectivity index (χ0) is 24.2. The van der Waals surface area contributed by atoms with E-state index in [4.69, 9.17) is 4.74 Å². The molecule has 1 aliphatic rings. The highest BCUT2D eigenvalue weighted by molar-refractivity contribution is 7.22. The summed E-state index contributed by atoms with van der Waals surface area (Å²) < 4.78 is 6.30. The lowest BCUT2D eigenvalue weighted by Crippen LogP contribution is -2.39. The number of nitrogens with zero attached hydrogens (tertiary/aromatic N) is 4. The van der Waals surface area contributed by atoms with E-state index in [9.17, 15) is 19.2 Å². The molecular formula is C22H24N6O5S. The number of hydrogen-bond acceptors (Lipinski definition) is 9. The first-order chi connectivity index (χ1) is 16.4. The quantitative estimate of drug-likeness (QED) is 0.499. The number of fused-ring (bicyclic) bond motifs is 1. The number of carbonyl (C=O) groups excluding carboxylic acids is 3. The maximum absolute atomic E-state index is 13.0. The van der Waals surface area contributed by atoms with Crippen LogP contribution >= 0.6 is 11.3 Å². The minimum Gasteiger partial charge on any atom is -0.465 e. The molecule has 0 saturated carbocycles. The average Bonchev–Trinajstić information content (AvgIpc) is 3.30. The molecular weight excluding hydrogens is 460 g/mol. The lowest BCUT2D eigenvalue weighted by atomic mass is 9.96. The van der Waals surface area contributed by atoms with E-state index in [1.54, 1.807) is 25.2 Å². The fourth-order valence-corrected chi connectivity index (χ4v) is 4.87. The third-order valence-corrected chi connectivity index (χ3v) is 6.77. The Morgan fingerprint density at radius 1 is 1.21 bits per heavy atom. The van der Waals surface area contributed by atoms with Crippen molar-refractivity contribution in [2.24, 2.45) is 5.92 Å². The second kappa shape index (κ2) is 10.00. The van der Waals surface area contributed by atoms with Crippen molar-refractivity contribution in [2.45, 2.75) is 19.4 Å². The molecule has 2 aromatic heterocycles. The summed E-state index contributed by atoms with van der Waals surface area (Å²) in [5, 5.41) is 6.00. The van der Waals surface area contributed by atoms with Gasteiger partial charge in [0.05, 0.1) is 18.4 Å². The standard InChI is InChI=1S/C22H24N6O5S/c1-23-19(30)13-7-9-27(10-8-13)22-26-18-17(34-22)20(31)28(12-24-18)11-16(29)25-15-6-4-3-5-14(15)21(32)33-2/h3-6,12-13H,7-11H2,1-2H3,(H,23,30)(H,25,29). The van der Waals surface area contributed by atoms with Gasteiger partial charge in [0.15, 0.2) is 10.8 Å². The van der Waals surface area contributed by atoms with Crippen LogP contribution in [-0.4, -0.2) is 59.6 Å². The van der Waals surface area contributed by atoms with Gasteiger partial charge in [-0.25, -0.2) is 9.78 Å². The summed E-state index contributed by atoms with van der Waals surface area (Å²) >= 11 is 1.23. The van der Waals surface area contributed by atoms with Gasteiger partial charge in [0.25, 0.3) is 5.56 Å². The van der Waals surface area contributed by atoms with Crippen molar-refractivity contribution in [3.8, 4) is 0 Å². The Morgan fingerprint density at radius 2 is 1.94 bits per heavy atom. The van der Waals surface area contributed by atoms with E-state index in [0.29, 0.717) is 47.1 Å². The Kier molecular flexibility index (Phi) is 6.87. The second-order valence-electron chi connectivity index (χ2n) is 7.79. The molecule has 1 aromatic carbocycles. The SMILES string of the molecule is CNC(=O)C1CCN(c2nc3ncn(CC(=O)Nc4ccccc4C(=O)OC)c(=O)c3s2)CC1. The van der Waals surface area contributed by atoms with Gasteiger partial charge in [-0.2, -0.15) is 4.98 Å². The number of para-hydroxylation sites is 1. The smallest absolute Gasteiger partial charge is 0.339 e. The van der Waals surface area contributed by atoms with E-state index in [0.717, 1.165) is 0 Å².